The molecule has 0 atom stereocenters. The summed E-state index contributed by atoms with van der Waals surface area (Å²) < 4.78 is 60.0. The average molecular weight is 417 g/mol. The Labute approximate surface area is 157 Å². The number of rotatable bonds is 5. The molecular formula is C16H20N2O5S3. The Morgan fingerprint density at radius 2 is 1.73 bits per heavy atom. The summed E-state index contributed by atoms with van der Waals surface area (Å²) in [5.74, 6) is 0. The van der Waals surface area contributed by atoms with Gasteiger partial charge >= 0.3 is 0 Å². The largest absolute Gasteiger partial charge is 0.379 e. The van der Waals surface area contributed by atoms with Crippen LogP contribution < -0.4 is 4.72 Å². The van der Waals surface area contributed by atoms with Crippen molar-refractivity contribution in [3.63, 3.8) is 0 Å². The number of sulfonamides is 2. The standard InChI is InChI=1S/C16H20N2O5S3/c1-12-3-5-14(17-25(19,20)16-6-4-13(2)24-16)11-15(12)26(21,22)18-7-9-23-10-8-18/h3-6,11,17H,7-10H2,1-2H3. The Balaban J connectivity index is 1.93. The predicted molar refractivity (Wildman–Crippen MR) is 101 cm³/mol. The maximum Gasteiger partial charge on any atom is 0.271 e. The van der Waals surface area contributed by atoms with E-state index in [4.69, 9.17) is 4.74 Å². The summed E-state index contributed by atoms with van der Waals surface area (Å²) in [6.45, 7) is 4.78. The Hall–Kier alpha value is -1.46. The molecule has 2 heterocycles. The molecule has 142 valence electrons. The molecular weight excluding hydrogens is 396 g/mol. The molecule has 1 aromatic carbocycles. The van der Waals surface area contributed by atoms with Gasteiger partial charge in [0.05, 0.1) is 23.8 Å². The Bertz CT molecular complexity index is 1010. The number of nitrogens with zero attached hydrogens (tertiary/aromatic N) is 1. The summed E-state index contributed by atoms with van der Waals surface area (Å²) in [5, 5.41) is 0. The normalized spacial score (nSPS) is 16.5. The van der Waals surface area contributed by atoms with Gasteiger partial charge in [0.15, 0.2) is 0 Å². The number of hydrogen-bond acceptors (Lipinski definition) is 6. The molecule has 1 aliphatic rings. The Morgan fingerprint density at radius 1 is 1.04 bits per heavy atom. The van der Waals surface area contributed by atoms with Crippen molar-refractivity contribution >= 4 is 37.1 Å². The number of thiophene rings is 1. The minimum Gasteiger partial charge on any atom is -0.379 e. The van der Waals surface area contributed by atoms with Gasteiger partial charge in [-0.25, -0.2) is 16.8 Å². The van der Waals surface area contributed by atoms with Crippen LogP contribution in [0.1, 0.15) is 10.4 Å². The first-order valence-corrected chi connectivity index (χ1v) is 11.7. The van der Waals surface area contributed by atoms with Gasteiger partial charge in [0.2, 0.25) is 10.0 Å². The number of aryl methyl sites for hydroxylation is 2. The topological polar surface area (TPSA) is 92.8 Å². The van der Waals surface area contributed by atoms with Crippen molar-refractivity contribution in [1.82, 2.24) is 4.31 Å². The molecule has 0 saturated carbocycles. The fraction of sp³-hybridized carbons (Fsp3) is 0.375. The molecule has 1 aliphatic heterocycles. The second kappa shape index (κ2) is 7.28. The van der Waals surface area contributed by atoms with E-state index >= 15 is 0 Å². The van der Waals surface area contributed by atoms with Gasteiger partial charge in [-0.1, -0.05) is 6.07 Å². The molecule has 1 fully saturated rings. The van der Waals surface area contributed by atoms with E-state index in [-0.39, 0.29) is 27.9 Å². The number of ether oxygens (including phenoxy) is 1. The molecule has 0 unspecified atom stereocenters. The lowest BCUT2D eigenvalue weighted by Crippen LogP contribution is -2.40. The van der Waals surface area contributed by atoms with Crippen LogP contribution in [0.2, 0.25) is 0 Å². The van der Waals surface area contributed by atoms with E-state index < -0.39 is 20.0 Å². The molecule has 0 aliphatic carbocycles. The van der Waals surface area contributed by atoms with Gasteiger partial charge in [-0.05, 0) is 43.7 Å². The molecule has 0 radical (unpaired) electrons. The monoisotopic (exact) mass is 416 g/mol. The Morgan fingerprint density at radius 3 is 2.35 bits per heavy atom. The zero-order chi connectivity index (χ0) is 18.9. The van der Waals surface area contributed by atoms with Gasteiger partial charge in [-0.2, -0.15) is 4.31 Å². The third kappa shape index (κ3) is 3.94. The summed E-state index contributed by atoms with van der Waals surface area (Å²) >= 11 is 1.16. The van der Waals surface area contributed by atoms with Gasteiger partial charge in [0.25, 0.3) is 10.0 Å². The van der Waals surface area contributed by atoms with Crippen molar-refractivity contribution in [3.05, 3.63) is 40.8 Å². The molecule has 1 N–H and O–H groups in total. The molecule has 26 heavy (non-hydrogen) atoms. The second-order valence-electron chi connectivity index (χ2n) is 5.97. The van der Waals surface area contributed by atoms with E-state index in [1.54, 1.807) is 25.1 Å². The highest BCUT2D eigenvalue weighted by molar-refractivity contribution is 7.94. The molecule has 2 aromatic rings. The highest BCUT2D eigenvalue weighted by Crippen LogP contribution is 2.27. The van der Waals surface area contributed by atoms with Crippen LogP contribution in [0.15, 0.2) is 39.4 Å². The molecule has 10 heteroatoms. The highest BCUT2D eigenvalue weighted by Gasteiger charge is 2.28. The number of hydrogen-bond donors (Lipinski definition) is 1. The van der Waals surface area contributed by atoms with Crippen LogP contribution in [0.4, 0.5) is 5.69 Å². The average Bonchev–Trinajstić information content (AvgIpc) is 3.04. The first-order valence-electron chi connectivity index (χ1n) is 7.98. The first-order chi connectivity index (χ1) is 12.2. The number of anilines is 1. The summed E-state index contributed by atoms with van der Waals surface area (Å²) in [5.41, 5.74) is 0.778. The summed E-state index contributed by atoms with van der Waals surface area (Å²) in [7, 11) is -7.46. The van der Waals surface area contributed by atoms with E-state index in [0.717, 1.165) is 16.2 Å². The van der Waals surface area contributed by atoms with E-state index in [1.165, 1.54) is 16.4 Å². The summed E-state index contributed by atoms with van der Waals surface area (Å²) in [6, 6.07) is 7.79. The second-order valence-corrected chi connectivity index (χ2v) is 11.1. The molecule has 0 amide bonds. The van der Waals surface area contributed by atoms with Gasteiger partial charge in [0.1, 0.15) is 4.21 Å². The van der Waals surface area contributed by atoms with Gasteiger partial charge in [0, 0.05) is 18.0 Å². The van der Waals surface area contributed by atoms with Crippen LogP contribution >= 0.6 is 11.3 Å². The third-order valence-corrected chi connectivity index (χ3v) is 8.92. The maximum atomic E-state index is 12.9. The summed E-state index contributed by atoms with van der Waals surface area (Å²) in [6.07, 6.45) is 0. The van der Waals surface area contributed by atoms with Crippen LogP contribution in [0.25, 0.3) is 0 Å². The van der Waals surface area contributed by atoms with E-state index in [0.29, 0.717) is 18.8 Å². The van der Waals surface area contributed by atoms with E-state index in [9.17, 15) is 16.8 Å². The fourth-order valence-electron chi connectivity index (χ4n) is 2.63. The van der Waals surface area contributed by atoms with Gasteiger partial charge in [-0.3, -0.25) is 4.72 Å². The van der Waals surface area contributed by atoms with Crippen molar-refractivity contribution in [2.45, 2.75) is 23.0 Å². The third-order valence-electron chi connectivity index (χ3n) is 4.01. The Kier molecular flexibility index (Phi) is 5.40. The van der Waals surface area contributed by atoms with E-state index in [1.807, 2.05) is 6.92 Å². The van der Waals surface area contributed by atoms with Gasteiger partial charge in [-0.15, -0.1) is 11.3 Å². The van der Waals surface area contributed by atoms with Crippen LogP contribution in [0.3, 0.4) is 0 Å². The maximum absolute atomic E-state index is 12.9. The fourth-order valence-corrected chi connectivity index (χ4v) is 6.62. The minimum atomic E-state index is -3.75. The van der Waals surface area contributed by atoms with Crippen LogP contribution in [-0.4, -0.2) is 47.4 Å². The number of morpholine rings is 1. The number of nitrogens with one attached hydrogen (secondary N) is 1. The van der Waals surface area contributed by atoms with Crippen LogP contribution in [0, 0.1) is 13.8 Å². The lowest BCUT2D eigenvalue weighted by atomic mass is 10.2. The minimum absolute atomic E-state index is 0.0990. The molecule has 1 aromatic heterocycles. The molecule has 1 saturated heterocycles. The van der Waals surface area contributed by atoms with Crippen molar-refractivity contribution < 1.29 is 21.6 Å². The first kappa shape index (κ1) is 19.3. The lowest BCUT2D eigenvalue weighted by molar-refractivity contribution is 0.0730. The zero-order valence-corrected chi connectivity index (χ0v) is 16.9. The van der Waals surface area contributed by atoms with E-state index in [2.05, 4.69) is 4.72 Å². The van der Waals surface area contributed by atoms with Crippen molar-refractivity contribution in [1.29, 1.82) is 0 Å². The molecule has 0 spiro atoms. The van der Waals surface area contributed by atoms with Crippen LogP contribution in [0.5, 0.6) is 0 Å². The SMILES string of the molecule is Cc1ccc(S(=O)(=O)Nc2ccc(C)c(S(=O)(=O)N3CCOCC3)c2)s1. The molecule has 0 bridgehead atoms. The predicted octanol–water partition coefficient (Wildman–Crippen LogP) is 2.19. The summed E-state index contributed by atoms with van der Waals surface area (Å²) in [4.78, 5) is 0.979. The molecule has 7 nitrogen and oxygen atoms in total. The lowest BCUT2D eigenvalue weighted by Gasteiger charge is -2.26. The zero-order valence-electron chi connectivity index (χ0n) is 14.4. The van der Waals surface area contributed by atoms with Gasteiger partial charge < -0.3 is 4.74 Å². The smallest absolute Gasteiger partial charge is 0.271 e. The van der Waals surface area contributed by atoms with Crippen molar-refractivity contribution in [3.8, 4) is 0 Å². The molecule has 3 rings (SSSR count). The van der Waals surface area contributed by atoms with Crippen molar-refractivity contribution in [2.75, 3.05) is 31.0 Å². The number of benzene rings is 1. The van der Waals surface area contributed by atoms with Crippen molar-refractivity contribution in [2.24, 2.45) is 0 Å². The van der Waals surface area contributed by atoms with Crippen LogP contribution in [-0.2, 0) is 24.8 Å². The highest BCUT2D eigenvalue weighted by atomic mass is 32.2. The quantitative estimate of drug-likeness (QED) is 0.807.